The third-order valence-electron chi connectivity index (χ3n) is 6.51. The van der Waals surface area contributed by atoms with Crippen LogP contribution in [0.25, 0.3) is 11.1 Å². The van der Waals surface area contributed by atoms with E-state index in [2.05, 4.69) is 24.3 Å². The average Bonchev–Trinajstić information content (AvgIpc) is 3.27. The number of rotatable bonds is 20. The van der Waals surface area contributed by atoms with E-state index >= 15 is 0 Å². The van der Waals surface area contributed by atoms with Crippen molar-refractivity contribution in [1.82, 2.24) is 4.90 Å². The minimum atomic E-state index is -0.348. The minimum absolute atomic E-state index is 0.0565. The first-order valence-electron chi connectivity index (χ1n) is 13.7. The van der Waals surface area contributed by atoms with Gasteiger partial charge in [0, 0.05) is 32.0 Å². The molecule has 0 saturated carbocycles. The first kappa shape index (κ1) is 30.4. The highest BCUT2D eigenvalue weighted by atomic mass is 35.5. The molecule has 0 unspecified atom stereocenters. The number of alkyl halides is 1. The zero-order chi connectivity index (χ0) is 26.8. The SMILES string of the molecule is CN(CCOCCOCCOCCOCCCCCCCl)C(=O)OCC1c2ccccc2-c2ccccc21. The topological polar surface area (TPSA) is 66.5 Å². The summed E-state index contributed by atoms with van der Waals surface area (Å²) in [6.45, 7) is 5.13. The smallest absolute Gasteiger partial charge is 0.409 e. The summed E-state index contributed by atoms with van der Waals surface area (Å²) in [6.07, 6.45) is 4.13. The lowest BCUT2D eigenvalue weighted by Crippen LogP contribution is -2.32. The Morgan fingerprint density at radius 3 is 1.79 bits per heavy atom. The predicted octanol–water partition coefficient (Wildman–Crippen LogP) is 5.73. The van der Waals surface area contributed by atoms with Crippen LogP contribution in [0.2, 0.25) is 0 Å². The molecule has 3 rings (SSSR count). The van der Waals surface area contributed by atoms with E-state index in [1.807, 2.05) is 24.3 Å². The summed E-state index contributed by atoms with van der Waals surface area (Å²) < 4.78 is 27.8. The van der Waals surface area contributed by atoms with E-state index < -0.39 is 0 Å². The number of fused-ring (bicyclic) bond motifs is 3. The standard InChI is InChI=1S/C30H42ClNO6/c1-32(15-17-35-19-21-37-23-22-36-20-18-34-16-9-3-2-8-14-31)30(33)38-24-29-27-12-6-4-10-25(27)26-11-5-7-13-28(26)29/h4-7,10-13,29H,2-3,8-9,14-24H2,1H3. The molecule has 0 bridgehead atoms. The second-order valence-electron chi connectivity index (χ2n) is 9.28. The highest BCUT2D eigenvalue weighted by Gasteiger charge is 2.29. The average molecular weight is 548 g/mol. The number of benzene rings is 2. The maximum atomic E-state index is 12.5. The molecule has 0 radical (unpaired) electrons. The van der Waals surface area contributed by atoms with E-state index in [9.17, 15) is 4.79 Å². The highest BCUT2D eigenvalue weighted by molar-refractivity contribution is 6.17. The number of unbranched alkanes of at least 4 members (excludes halogenated alkanes) is 3. The molecule has 210 valence electrons. The zero-order valence-corrected chi connectivity index (χ0v) is 23.3. The van der Waals surface area contributed by atoms with Crippen LogP contribution < -0.4 is 0 Å². The lowest BCUT2D eigenvalue weighted by atomic mass is 9.98. The second-order valence-corrected chi connectivity index (χ2v) is 9.66. The number of carbonyl (C=O) groups excluding carboxylic acids is 1. The van der Waals surface area contributed by atoms with Crippen molar-refractivity contribution in [1.29, 1.82) is 0 Å². The van der Waals surface area contributed by atoms with Crippen LogP contribution in [0.5, 0.6) is 0 Å². The summed E-state index contributed by atoms with van der Waals surface area (Å²) in [7, 11) is 1.72. The molecule has 1 amide bonds. The molecule has 0 saturated heterocycles. The minimum Gasteiger partial charge on any atom is -0.448 e. The van der Waals surface area contributed by atoms with Gasteiger partial charge in [0.1, 0.15) is 6.61 Å². The van der Waals surface area contributed by atoms with Crippen molar-refractivity contribution in [3.05, 3.63) is 59.7 Å². The van der Waals surface area contributed by atoms with Gasteiger partial charge in [0.2, 0.25) is 0 Å². The van der Waals surface area contributed by atoms with Gasteiger partial charge in [0.05, 0.1) is 46.2 Å². The highest BCUT2D eigenvalue weighted by Crippen LogP contribution is 2.44. The Hall–Kier alpha value is -2.16. The molecule has 1 aliphatic rings. The van der Waals surface area contributed by atoms with Gasteiger partial charge in [-0.25, -0.2) is 4.79 Å². The number of hydrogen-bond acceptors (Lipinski definition) is 6. The van der Waals surface area contributed by atoms with Gasteiger partial charge in [-0.05, 0) is 35.1 Å². The lowest BCUT2D eigenvalue weighted by molar-refractivity contribution is -0.00376. The fourth-order valence-electron chi connectivity index (χ4n) is 4.41. The summed E-state index contributed by atoms with van der Waals surface area (Å²) in [6, 6.07) is 16.6. The van der Waals surface area contributed by atoms with Gasteiger partial charge in [-0.2, -0.15) is 0 Å². The summed E-state index contributed by atoms with van der Waals surface area (Å²) in [5, 5.41) is 0. The van der Waals surface area contributed by atoms with E-state index in [4.69, 9.17) is 35.3 Å². The maximum absolute atomic E-state index is 12.5. The normalized spacial score (nSPS) is 12.4. The lowest BCUT2D eigenvalue weighted by Gasteiger charge is -2.19. The van der Waals surface area contributed by atoms with Crippen LogP contribution in [-0.2, 0) is 23.7 Å². The van der Waals surface area contributed by atoms with E-state index in [0.29, 0.717) is 59.4 Å². The van der Waals surface area contributed by atoms with Crippen molar-refractivity contribution >= 4 is 17.7 Å². The molecule has 0 N–H and O–H groups in total. The van der Waals surface area contributed by atoms with Crippen LogP contribution in [0.3, 0.4) is 0 Å². The van der Waals surface area contributed by atoms with Crippen LogP contribution in [0.15, 0.2) is 48.5 Å². The Morgan fingerprint density at radius 1 is 0.711 bits per heavy atom. The number of likely N-dealkylation sites (N-methyl/N-ethyl adjacent to an activating group) is 1. The van der Waals surface area contributed by atoms with E-state index in [-0.39, 0.29) is 12.0 Å². The van der Waals surface area contributed by atoms with Gasteiger partial charge in [0.15, 0.2) is 0 Å². The number of amides is 1. The Labute approximate surface area is 232 Å². The van der Waals surface area contributed by atoms with Gasteiger partial charge in [-0.15, -0.1) is 11.6 Å². The molecule has 8 heteroatoms. The van der Waals surface area contributed by atoms with Gasteiger partial charge in [-0.3, -0.25) is 0 Å². The van der Waals surface area contributed by atoms with E-state index in [0.717, 1.165) is 31.7 Å². The van der Waals surface area contributed by atoms with Crippen LogP contribution in [0, 0.1) is 0 Å². The number of halogens is 1. The number of hydrogen-bond donors (Lipinski definition) is 0. The Balaban J connectivity index is 1.16. The summed E-state index contributed by atoms with van der Waals surface area (Å²) in [5.41, 5.74) is 4.84. The van der Waals surface area contributed by atoms with E-state index in [1.54, 1.807) is 11.9 Å². The molecule has 0 heterocycles. The molecule has 7 nitrogen and oxygen atoms in total. The maximum Gasteiger partial charge on any atom is 0.409 e. The van der Waals surface area contributed by atoms with E-state index in [1.165, 1.54) is 28.7 Å². The summed E-state index contributed by atoms with van der Waals surface area (Å²) in [5.74, 6) is 0.796. The van der Waals surface area contributed by atoms with Crippen LogP contribution in [-0.4, -0.2) is 89.9 Å². The van der Waals surface area contributed by atoms with Crippen LogP contribution >= 0.6 is 11.6 Å². The molecule has 0 fully saturated rings. The second kappa shape index (κ2) is 18.2. The molecule has 0 aliphatic heterocycles. The first-order chi connectivity index (χ1) is 18.7. The Kier molecular flexibility index (Phi) is 14.5. The summed E-state index contributed by atoms with van der Waals surface area (Å²) in [4.78, 5) is 14.1. The molecular weight excluding hydrogens is 506 g/mol. The monoisotopic (exact) mass is 547 g/mol. The zero-order valence-electron chi connectivity index (χ0n) is 22.6. The largest absolute Gasteiger partial charge is 0.448 e. The van der Waals surface area contributed by atoms with Crippen LogP contribution in [0.4, 0.5) is 4.79 Å². The third-order valence-corrected chi connectivity index (χ3v) is 6.77. The molecule has 1 aliphatic carbocycles. The molecule has 0 aromatic heterocycles. The Bertz CT molecular complexity index is 897. The van der Waals surface area contributed by atoms with Crippen LogP contribution in [0.1, 0.15) is 42.7 Å². The quantitative estimate of drug-likeness (QED) is 0.156. The molecule has 0 spiro atoms. The van der Waals surface area contributed by atoms with Gasteiger partial charge < -0.3 is 28.6 Å². The fraction of sp³-hybridized carbons (Fsp3) is 0.567. The number of nitrogens with zero attached hydrogens (tertiary/aromatic N) is 1. The van der Waals surface area contributed by atoms with Gasteiger partial charge in [0.25, 0.3) is 0 Å². The molecule has 2 aromatic rings. The summed E-state index contributed by atoms with van der Waals surface area (Å²) >= 11 is 5.66. The fourth-order valence-corrected chi connectivity index (χ4v) is 4.60. The van der Waals surface area contributed by atoms with Crippen molar-refractivity contribution in [2.24, 2.45) is 0 Å². The van der Waals surface area contributed by atoms with Gasteiger partial charge in [-0.1, -0.05) is 61.4 Å². The van der Waals surface area contributed by atoms with Crippen molar-refractivity contribution in [2.45, 2.75) is 31.6 Å². The first-order valence-corrected chi connectivity index (χ1v) is 14.2. The predicted molar refractivity (Wildman–Crippen MR) is 150 cm³/mol. The molecular formula is C30H42ClNO6. The number of carbonyl (C=O) groups is 1. The van der Waals surface area contributed by atoms with Crippen molar-refractivity contribution in [3.8, 4) is 11.1 Å². The van der Waals surface area contributed by atoms with Crippen molar-refractivity contribution in [3.63, 3.8) is 0 Å². The van der Waals surface area contributed by atoms with Crippen molar-refractivity contribution in [2.75, 3.05) is 78.9 Å². The van der Waals surface area contributed by atoms with Crippen molar-refractivity contribution < 1.29 is 28.5 Å². The molecule has 38 heavy (non-hydrogen) atoms. The molecule has 0 atom stereocenters. The number of ether oxygens (including phenoxy) is 5. The van der Waals surface area contributed by atoms with Gasteiger partial charge >= 0.3 is 6.09 Å². The third kappa shape index (κ3) is 10.2. The Morgan fingerprint density at radius 2 is 1.21 bits per heavy atom. The molecule has 2 aromatic carbocycles.